The Morgan fingerprint density at radius 2 is 1.77 bits per heavy atom. The summed E-state index contributed by atoms with van der Waals surface area (Å²) in [6.45, 7) is 3.75. The minimum atomic E-state index is -3.23. The Morgan fingerprint density at radius 1 is 1.16 bits per heavy atom. The van der Waals surface area contributed by atoms with Gasteiger partial charge in [0.1, 0.15) is 5.75 Å². The van der Waals surface area contributed by atoms with E-state index in [1.807, 2.05) is 12.1 Å². The van der Waals surface area contributed by atoms with Gasteiger partial charge in [-0.15, -0.1) is 0 Å². The molecular weight excluding hydrogens is 414 g/mol. The highest BCUT2D eigenvalue weighted by atomic mass is 32.2. The fourth-order valence-electron chi connectivity index (χ4n) is 3.89. The zero-order chi connectivity index (χ0) is 22.6. The lowest BCUT2D eigenvalue weighted by atomic mass is 10.0. The molecule has 0 aromatic heterocycles. The fraction of sp³-hybridized carbons (Fsp3) is 0.391. The Hall–Kier alpha value is -2.91. The lowest BCUT2D eigenvalue weighted by Crippen LogP contribution is -2.32. The number of sulfone groups is 1. The van der Waals surface area contributed by atoms with Gasteiger partial charge in [0.25, 0.3) is 0 Å². The first-order valence-corrected chi connectivity index (χ1v) is 11.9. The predicted molar refractivity (Wildman–Crippen MR) is 115 cm³/mol. The van der Waals surface area contributed by atoms with Gasteiger partial charge < -0.3 is 9.84 Å². The van der Waals surface area contributed by atoms with Crippen molar-refractivity contribution in [2.24, 2.45) is 5.92 Å². The van der Waals surface area contributed by atoms with E-state index in [9.17, 15) is 13.5 Å². The van der Waals surface area contributed by atoms with Crippen molar-refractivity contribution in [1.82, 2.24) is 4.90 Å². The van der Waals surface area contributed by atoms with Gasteiger partial charge in [-0.25, -0.2) is 8.42 Å². The molecule has 0 spiro atoms. The van der Waals surface area contributed by atoms with Crippen LogP contribution in [0.5, 0.6) is 5.75 Å². The molecule has 0 saturated carbocycles. The van der Waals surface area contributed by atoms with Gasteiger partial charge in [0, 0.05) is 31.3 Å². The Labute approximate surface area is 183 Å². The molecular formula is C23H25N3O4S. The molecule has 0 radical (unpaired) electrons. The predicted octanol–water partition coefficient (Wildman–Crippen LogP) is 2.66. The van der Waals surface area contributed by atoms with Crippen LogP contribution in [0, 0.1) is 28.6 Å². The summed E-state index contributed by atoms with van der Waals surface area (Å²) in [6.07, 6.45) is 1.28. The summed E-state index contributed by atoms with van der Waals surface area (Å²) in [5, 5.41) is 29.0. The lowest BCUT2D eigenvalue weighted by Gasteiger charge is -2.24. The molecule has 1 fully saturated rings. The van der Waals surface area contributed by atoms with E-state index in [-0.39, 0.29) is 16.9 Å². The highest BCUT2D eigenvalue weighted by molar-refractivity contribution is 7.90. The SMILES string of the molecule is CC1CC(COc2ccc(S(C)(=O)=O)cc2)CN1CC(O)c1cc(C#N)cc(C#N)c1. The van der Waals surface area contributed by atoms with Crippen LogP contribution in [-0.2, 0) is 9.84 Å². The fourth-order valence-corrected chi connectivity index (χ4v) is 4.52. The summed E-state index contributed by atoms with van der Waals surface area (Å²) < 4.78 is 28.9. The Morgan fingerprint density at radius 3 is 2.32 bits per heavy atom. The average Bonchev–Trinajstić information content (AvgIpc) is 3.10. The van der Waals surface area contributed by atoms with E-state index in [0.29, 0.717) is 35.6 Å². The summed E-state index contributed by atoms with van der Waals surface area (Å²) in [5.74, 6) is 0.896. The zero-order valence-corrected chi connectivity index (χ0v) is 18.3. The molecule has 1 saturated heterocycles. The third-order valence-corrected chi connectivity index (χ3v) is 6.66. The zero-order valence-electron chi connectivity index (χ0n) is 17.5. The molecule has 3 rings (SSSR count). The first-order valence-electron chi connectivity index (χ1n) is 10.00. The van der Waals surface area contributed by atoms with Gasteiger partial charge in [-0.05, 0) is 61.4 Å². The molecule has 3 atom stereocenters. The number of rotatable bonds is 7. The van der Waals surface area contributed by atoms with Gasteiger partial charge in [0.15, 0.2) is 9.84 Å². The van der Waals surface area contributed by atoms with E-state index in [1.54, 1.807) is 24.3 Å². The molecule has 3 unspecified atom stereocenters. The van der Waals surface area contributed by atoms with Crippen molar-refractivity contribution in [3.63, 3.8) is 0 Å². The summed E-state index contributed by atoms with van der Waals surface area (Å²) >= 11 is 0. The van der Waals surface area contributed by atoms with Gasteiger partial charge in [0.2, 0.25) is 0 Å². The van der Waals surface area contributed by atoms with E-state index in [0.717, 1.165) is 13.0 Å². The van der Waals surface area contributed by atoms with Crippen molar-refractivity contribution in [1.29, 1.82) is 10.5 Å². The summed E-state index contributed by atoms with van der Waals surface area (Å²) in [4.78, 5) is 2.44. The van der Waals surface area contributed by atoms with Crippen molar-refractivity contribution in [3.8, 4) is 17.9 Å². The third-order valence-electron chi connectivity index (χ3n) is 5.53. The van der Waals surface area contributed by atoms with E-state index in [2.05, 4.69) is 11.8 Å². The van der Waals surface area contributed by atoms with Crippen LogP contribution in [0.4, 0.5) is 0 Å². The quantitative estimate of drug-likeness (QED) is 0.705. The number of aliphatic hydroxyl groups excluding tert-OH is 1. The average molecular weight is 440 g/mol. The first-order chi connectivity index (χ1) is 14.7. The van der Waals surface area contributed by atoms with Crippen molar-refractivity contribution in [2.75, 3.05) is 26.0 Å². The van der Waals surface area contributed by atoms with Crippen LogP contribution in [0.3, 0.4) is 0 Å². The normalized spacial score (nSPS) is 20.0. The monoisotopic (exact) mass is 439 g/mol. The van der Waals surface area contributed by atoms with Crippen LogP contribution in [0.25, 0.3) is 0 Å². The van der Waals surface area contributed by atoms with Crippen molar-refractivity contribution < 1.29 is 18.3 Å². The highest BCUT2D eigenvalue weighted by Crippen LogP contribution is 2.27. The molecule has 162 valence electrons. The van der Waals surface area contributed by atoms with Crippen molar-refractivity contribution in [3.05, 3.63) is 59.2 Å². The molecule has 1 heterocycles. The maximum Gasteiger partial charge on any atom is 0.175 e. The molecule has 8 heteroatoms. The van der Waals surface area contributed by atoms with E-state index >= 15 is 0 Å². The number of β-amino-alcohol motifs (C(OH)–C–C–N with tert-alkyl or cyclic N) is 1. The van der Waals surface area contributed by atoms with Gasteiger partial charge in [-0.3, -0.25) is 4.90 Å². The summed E-state index contributed by atoms with van der Waals surface area (Å²) in [7, 11) is -3.23. The van der Waals surface area contributed by atoms with Gasteiger partial charge in [-0.1, -0.05) is 0 Å². The Balaban J connectivity index is 1.57. The van der Waals surface area contributed by atoms with Crippen molar-refractivity contribution in [2.45, 2.75) is 30.4 Å². The van der Waals surface area contributed by atoms with Gasteiger partial charge >= 0.3 is 0 Å². The van der Waals surface area contributed by atoms with E-state index in [1.165, 1.54) is 24.5 Å². The van der Waals surface area contributed by atoms with Gasteiger partial charge in [0.05, 0.1) is 40.9 Å². The van der Waals surface area contributed by atoms with E-state index < -0.39 is 15.9 Å². The molecule has 2 aromatic carbocycles. The second-order valence-electron chi connectivity index (χ2n) is 8.04. The molecule has 7 nitrogen and oxygen atoms in total. The van der Waals surface area contributed by atoms with Gasteiger partial charge in [-0.2, -0.15) is 10.5 Å². The number of nitriles is 2. The Bertz CT molecular complexity index is 1080. The largest absolute Gasteiger partial charge is 0.493 e. The van der Waals surface area contributed by atoms with Crippen LogP contribution >= 0.6 is 0 Å². The van der Waals surface area contributed by atoms with Crippen LogP contribution in [-0.4, -0.2) is 50.4 Å². The third kappa shape index (κ3) is 5.83. The summed E-state index contributed by atoms with van der Waals surface area (Å²) in [6, 6.07) is 15.4. The number of benzene rings is 2. The molecule has 0 aliphatic carbocycles. The molecule has 31 heavy (non-hydrogen) atoms. The van der Waals surface area contributed by atoms with Crippen molar-refractivity contribution >= 4 is 9.84 Å². The number of likely N-dealkylation sites (tertiary alicyclic amines) is 1. The molecule has 1 aliphatic rings. The van der Waals surface area contributed by atoms with Crippen LogP contribution in [0.2, 0.25) is 0 Å². The van der Waals surface area contributed by atoms with Crippen LogP contribution < -0.4 is 4.74 Å². The second-order valence-corrected chi connectivity index (χ2v) is 10.1. The molecule has 1 N–H and O–H groups in total. The lowest BCUT2D eigenvalue weighted by molar-refractivity contribution is 0.107. The van der Waals surface area contributed by atoms with E-state index in [4.69, 9.17) is 15.3 Å². The first kappa shape index (κ1) is 22.8. The number of nitrogens with zero attached hydrogens (tertiary/aromatic N) is 3. The maximum atomic E-state index is 11.5. The molecule has 1 aliphatic heterocycles. The highest BCUT2D eigenvalue weighted by Gasteiger charge is 2.31. The summed E-state index contributed by atoms with van der Waals surface area (Å²) in [5.41, 5.74) is 1.28. The van der Waals surface area contributed by atoms with Crippen LogP contribution in [0.15, 0.2) is 47.4 Å². The molecule has 2 aromatic rings. The maximum absolute atomic E-state index is 11.5. The number of hydrogen-bond donors (Lipinski definition) is 1. The molecule has 0 bridgehead atoms. The number of hydrogen-bond acceptors (Lipinski definition) is 7. The molecule has 0 amide bonds. The Kier molecular flexibility index (Phi) is 6.97. The topological polar surface area (TPSA) is 114 Å². The standard InChI is InChI=1S/C23H25N3O4S/c1-16-7-19(15-30-21-3-5-22(6-4-21)31(2,28)29)13-26(16)14-23(27)20-9-17(11-24)8-18(10-20)12-25/h3-6,8-10,16,19,23,27H,7,13-15H2,1-2H3. The number of aliphatic hydroxyl groups is 1. The second kappa shape index (κ2) is 9.49. The minimum Gasteiger partial charge on any atom is -0.493 e. The number of ether oxygens (including phenoxy) is 1. The van der Waals surface area contributed by atoms with Crippen LogP contribution in [0.1, 0.15) is 36.1 Å². The minimum absolute atomic E-state index is 0.255. The smallest absolute Gasteiger partial charge is 0.175 e.